The molecule has 0 aromatic carbocycles. The lowest BCUT2D eigenvalue weighted by molar-refractivity contribution is -0.121. The molecular formula is C8H14ClNO2. The van der Waals surface area contributed by atoms with Crippen LogP contribution >= 0.6 is 11.6 Å². The Kier molecular flexibility index (Phi) is 3.35. The van der Waals surface area contributed by atoms with Gasteiger partial charge in [-0.1, -0.05) is 0 Å². The summed E-state index contributed by atoms with van der Waals surface area (Å²) >= 11 is 5.54. The number of hydrogen-bond acceptors (Lipinski definition) is 2. The van der Waals surface area contributed by atoms with Crippen molar-refractivity contribution in [2.45, 2.75) is 31.2 Å². The minimum absolute atomic E-state index is 0.127. The van der Waals surface area contributed by atoms with E-state index in [-0.39, 0.29) is 12.0 Å². The van der Waals surface area contributed by atoms with Gasteiger partial charge in [0.25, 0.3) is 0 Å². The van der Waals surface area contributed by atoms with E-state index in [0.717, 1.165) is 12.8 Å². The second kappa shape index (κ2) is 4.10. The van der Waals surface area contributed by atoms with Crippen LogP contribution in [0, 0.1) is 5.92 Å². The fourth-order valence-electron chi connectivity index (χ4n) is 1.25. The van der Waals surface area contributed by atoms with E-state index in [0.29, 0.717) is 12.5 Å². The Labute approximate surface area is 77.1 Å². The van der Waals surface area contributed by atoms with Crippen molar-refractivity contribution in [3.8, 4) is 0 Å². The molecule has 0 spiro atoms. The normalized spacial score (nSPS) is 30.6. The molecule has 0 bridgehead atoms. The van der Waals surface area contributed by atoms with Crippen LogP contribution in [0.25, 0.3) is 0 Å². The first-order valence-corrected chi connectivity index (χ1v) is 4.63. The fraction of sp³-hybridized carbons (Fsp3) is 0.875. The minimum atomic E-state index is -0.463. The Hall–Kier alpha value is -0.280. The van der Waals surface area contributed by atoms with Crippen LogP contribution in [0.4, 0.5) is 0 Å². The molecule has 0 aromatic heterocycles. The van der Waals surface area contributed by atoms with E-state index < -0.39 is 5.38 Å². The van der Waals surface area contributed by atoms with Gasteiger partial charge in [-0.2, -0.15) is 0 Å². The standard InChI is InChI=1S/C8H14ClNO2/c1-5(9)8(12)10-4-6-2-7(11)3-6/h5-7,11H,2-4H2,1H3,(H,10,12). The number of hydrogen-bond donors (Lipinski definition) is 2. The highest BCUT2D eigenvalue weighted by atomic mass is 35.5. The average Bonchev–Trinajstić information content (AvgIpc) is 1.95. The smallest absolute Gasteiger partial charge is 0.237 e. The van der Waals surface area contributed by atoms with Gasteiger partial charge in [0.15, 0.2) is 0 Å². The number of nitrogens with one attached hydrogen (secondary N) is 1. The van der Waals surface area contributed by atoms with Crippen molar-refractivity contribution in [1.29, 1.82) is 0 Å². The third kappa shape index (κ3) is 2.64. The van der Waals surface area contributed by atoms with E-state index in [1.807, 2.05) is 0 Å². The number of amides is 1. The van der Waals surface area contributed by atoms with Gasteiger partial charge >= 0.3 is 0 Å². The molecule has 0 radical (unpaired) electrons. The van der Waals surface area contributed by atoms with Crippen molar-refractivity contribution in [1.82, 2.24) is 5.32 Å². The van der Waals surface area contributed by atoms with Gasteiger partial charge in [0.05, 0.1) is 6.10 Å². The first-order valence-electron chi connectivity index (χ1n) is 4.19. The van der Waals surface area contributed by atoms with Crippen LogP contribution in [0.15, 0.2) is 0 Å². The summed E-state index contributed by atoms with van der Waals surface area (Å²) in [5.74, 6) is 0.317. The number of rotatable bonds is 3. The first kappa shape index (κ1) is 9.81. The van der Waals surface area contributed by atoms with Crippen molar-refractivity contribution in [2.24, 2.45) is 5.92 Å². The molecule has 0 heterocycles. The lowest BCUT2D eigenvalue weighted by Gasteiger charge is -2.31. The molecule has 1 atom stereocenters. The van der Waals surface area contributed by atoms with Crippen molar-refractivity contribution >= 4 is 17.5 Å². The van der Waals surface area contributed by atoms with Crippen LogP contribution in [0.2, 0.25) is 0 Å². The molecule has 3 nitrogen and oxygen atoms in total. The van der Waals surface area contributed by atoms with Crippen LogP contribution in [0.5, 0.6) is 0 Å². The third-order valence-electron chi connectivity index (χ3n) is 2.14. The van der Waals surface area contributed by atoms with Gasteiger partial charge in [-0.05, 0) is 25.7 Å². The highest BCUT2D eigenvalue weighted by molar-refractivity contribution is 6.30. The minimum Gasteiger partial charge on any atom is -0.393 e. The van der Waals surface area contributed by atoms with E-state index >= 15 is 0 Å². The van der Waals surface area contributed by atoms with Crippen molar-refractivity contribution < 1.29 is 9.90 Å². The lowest BCUT2D eigenvalue weighted by Crippen LogP contribution is -2.40. The molecule has 70 valence electrons. The van der Waals surface area contributed by atoms with Crippen LogP contribution in [-0.2, 0) is 4.79 Å². The summed E-state index contributed by atoms with van der Waals surface area (Å²) < 4.78 is 0. The molecule has 1 fully saturated rings. The highest BCUT2D eigenvalue weighted by Crippen LogP contribution is 2.26. The molecule has 1 unspecified atom stereocenters. The predicted octanol–water partition coefficient (Wildman–Crippen LogP) is 0.501. The maximum Gasteiger partial charge on any atom is 0.237 e. The number of carbonyl (C=O) groups is 1. The Morgan fingerprint density at radius 2 is 2.33 bits per heavy atom. The van der Waals surface area contributed by atoms with E-state index in [1.165, 1.54) is 0 Å². The molecule has 0 saturated heterocycles. The van der Waals surface area contributed by atoms with Gasteiger partial charge < -0.3 is 10.4 Å². The van der Waals surface area contributed by atoms with Gasteiger partial charge in [0.1, 0.15) is 5.38 Å². The lowest BCUT2D eigenvalue weighted by atomic mass is 9.82. The molecule has 1 aliphatic carbocycles. The Balaban J connectivity index is 2.06. The molecular weight excluding hydrogens is 178 g/mol. The average molecular weight is 192 g/mol. The van der Waals surface area contributed by atoms with Crippen LogP contribution < -0.4 is 5.32 Å². The fourth-order valence-corrected chi connectivity index (χ4v) is 1.33. The summed E-state index contributed by atoms with van der Waals surface area (Å²) in [6.45, 7) is 2.29. The Bertz CT molecular complexity index is 166. The zero-order valence-electron chi connectivity index (χ0n) is 7.09. The van der Waals surface area contributed by atoms with Crippen molar-refractivity contribution in [3.05, 3.63) is 0 Å². The van der Waals surface area contributed by atoms with Crippen LogP contribution in [0.1, 0.15) is 19.8 Å². The quantitative estimate of drug-likeness (QED) is 0.639. The summed E-state index contributed by atoms with van der Waals surface area (Å²) in [5.41, 5.74) is 0. The van der Waals surface area contributed by atoms with Gasteiger partial charge in [-0.25, -0.2) is 0 Å². The van der Waals surface area contributed by atoms with E-state index in [4.69, 9.17) is 16.7 Å². The van der Waals surface area contributed by atoms with E-state index in [9.17, 15) is 4.79 Å². The number of aliphatic hydroxyl groups is 1. The number of aliphatic hydroxyl groups excluding tert-OH is 1. The summed E-state index contributed by atoms with van der Waals surface area (Å²) in [7, 11) is 0. The molecule has 1 aliphatic rings. The molecule has 12 heavy (non-hydrogen) atoms. The number of alkyl halides is 1. The Morgan fingerprint density at radius 3 is 2.75 bits per heavy atom. The third-order valence-corrected chi connectivity index (χ3v) is 2.34. The van der Waals surface area contributed by atoms with Crippen LogP contribution in [0.3, 0.4) is 0 Å². The van der Waals surface area contributed by atoms with Gasteiger partial charge in [0.2, 0.25) is 5.91 Å². The molecule has 2 N–H and O–H groups in total. The van der Waals surface area contributed by atoms with Crippen molar-refractivity contribution in [3.63, 3.8) is 0 Å². The highest BCUT2D eigenvalue weighted by Gasteiger charge is 2.27. The number of carbonyl (C=O) groups excluding carboxylic acids is 1. The first-order chi connectivity index (χ1) is 5.59. The predicted molar refractivity (Wildman–Crippen MR) is 47.1 cm³/mol. The SMILES string of the molecule is CC(Cl)C(=O)NCC1CC(O)C1. The van der Waals surface area contributed by atoms with Crippen LogP contribution in [-0.4, -0.2) is 29.0 Å². The van der Waals surface area contributed by atoms with E-state index in [1.54, 1.807) is 6.92 Å². The summed E-state index contributed by atoms with van der Waals surface area (Å²) in [5, 5.41) is 11.2. The second-order valence-corrected chi connectivity index (χ2v) is 4.01. The topological polar surface area (TPSA) is 49.3 Å². The van der Waals surface area contributed by atoms with E-state index in [2.05, 4.69) is 5.32 Å². The number of halogens is 1. The molecule has 1 rings (SSSR count). The van der Waals surface area contributed by atoms with Gasteiger partial charge in [-0.15, -0.1) is 11.6 Å². The summed E-state index contributed by atoms with van der Waals surface area (Å²) in [6, 6.07) is 0. The largest absolute Gasteiger partial charge is 0.393 e. The second-order valence-electron chi connectivity index (χ2n) is 3.35. The zero-order chi connectivity index (χ0) is 9.14. The summed E-state index contributed by atoms with van der Waals surface area (Å²) in [6.07, 6.45) is 1.45. The molecule has 0 aliphatic heterocycles. The molecule has 1 saturated carbocycles. The van der Waals surface area contributed by atoms with Gasteiger partial charge in [0, 0.05) is 6.54 Å². The summed E-state index contributed by atoms with van der Waals surface area (Å²) in [4.78, 5) is 11.0. The molecule has 4 heteroatoms. The maximum atomic E-state index is 11.0. The van der Waals surface area contributed by atoms with Crippen molar-refractivity contribution in [2.75, 3.05) is 6.54 Å². The zero-order valence-corrected chi connectivity index (χ0v) is 7.84. The Morgan fingerprint density at radius 1 is 1.75 bits per heavy atom. The van der Waals surface area contributed by atoms with Gasteiger partial charge in [-0.3, -0.25) is 4.79 Å². The maximum absolute atomic E-state index is 11.0. The monoisotopic (exact) mass is 191 g/mol. The molecule has 1 amide bonds. The molecule has 0 aromatic rings.